The SMILES string of the molecule is CC(C)N(CC(F)(F)F)C(=O)c1cc(N)nc(Cl)c1. The third kappa shape index (κ3) is 4.59. The van der Waals surface area contributed by atoms with E-state index in [0.717, 1.165) is 0 Å². The zero-order valence-electron chi connectivity index (χ0n) is 10.3. The van der Waals surface area contributed by atoms with Gasteiger partial charge in [0.05, 0.1) is 0 Å². The Bertz CT molecular complexity index is 456. The van der Waals surface area contributed by atoms with Crippen LogP contribution in [0, 0.1) is 0 Å². The number of halogens is 4. The predicted molar refractivity (Wildman–Crippen MR) is 65.9 cm³/mol. The number of hydrogen-bond donors (Lipinski definition) is 1. The van der Waals surface area contributed by atoms with Crippen LogP contribution in [0.25, 0.3) is 0 Å². The number of alkyl halides is 3. The molecule has 1 aromatic rings. The molecule has 0 atom stereocenters. The van der Waals surface area contributed by atoms with Crippen molar-refractivity contribution in [3.8, 4) is 0 Å². The first-order chi connectivity index (χ1) is 8.60. The largest absolute Gasteiger partial charge is 0.406 e. The maximum Gasteiger partial charge on any atom is 0.406 e. The van der Waals surface area contributed by atoms with Gasteiger partial charge >= 0.3 is 6.18 Å². The summed E-state index contributed by atoms with van der Waals surface area (Å²) >= 11 is 5.63. The molecule has 0 aliphatic carbocycles. The lowest BCUT2D eigenvalue weighted by Gasteiger charge is -2.27. The van der Waals surface area contributed by atoms with Crippen LogP contribution in [0.15, 0.2) is 12.1 Å². The van der Waals surface area contributed by atoms with E-state index in [1.54, 1.807) is 0 Å². The van der Waals surface area contributed by atoms with Crippen molar-refractivity contribution in [1.82, 2.24) is 9.88 Å². The molecular weight excluding hydrogens is 283 g/mol. The summed E-state index contributed by atoms with van der Waals surface area (Å²) in [6.07, 6.45) is -4.47. The average molecular weight is 296 g/mol. The Kier molecular flexibility index (Phi) is 4.62. The Morgan fingerprint density at radius 2 is 2.05 bits per heavy atom. The molecule has 4 nitrogen and oxygen atoms in total. The highest BCUT2D eigenvalue weighted by atomic mass is 35.5. The van der Waals surface area contributed by atoms with Gasteiger partial charge in [0, 0.05) is 11.6 Å². The number of hydrogen-bond acceptors (Lipinski definition) is 3. The van der Waals surface area contributed by atoms with E-state index in [1.165, 1.54) is 26.0 Å². The van der Waals surface area contributed by atoms with Crippen LogP contribution in [-0.4, -0.2) is 34.6 Å². The molecule has 1 rings (SSSR count). The van der Waals surface area contributed by atoms with E-state index in [9.17, 15) is 18.0 Å². The number of aromatic nitrogens is 1. The van der Waals surface area contributed by atoms with E-state index in [4.69, 9.17) is 17.3 Å². The summed E-state index contributed by atoms with van der Waals surface area (Å²) in [5.41, 5.74) is 5.39. The van der Waals surface area contributed by atoms with Gasteiger partial charge in [-0.1, -0.05) is 11.6 Å². The zero-order chi connectivity index (χ0) is 14.8. The highest BCUT2D eigenvalue weighted by Gasteiger charge is 2.34. The van der Waals surface area contributed by atoms with Crippen LogP contribution < -0.4 is 5.73 Å². The molecule has 0 bridgehead atoms. The van der Waals surface area contributed by atoms with E-state index in [1.807, 2.05) is 0 Å². The fourth-order valence-electron chi connectivity index (χ4n) is 1.49. The minimum atomic E-state index is -4.47. The minimum absolute atomic E-state index is 0.0181. The van der Waals surface area contributed by atoms with Crippen molar-refractivity contribution in [2.45, 2.75) is 26.1 Å². The van der Waals surface area contributed by atoms with Crippen LogP contribution in [0.5, 0.6) is 0 Å². The number of rotatable bonds is 3. The first kappa shape index (κ1) is 15.6. The lowest BCUT2D eigenvalue weighted by molar-refractivity contribution is -0.143. The topological polar surface area (TPSA) is 59.2 Å². The van der Waals surface area contributed by atoms with Gasteiger partial charge in [0.2, 0.25) is 0 Å². The number of carbonyl (C=O) groups is 1. The number of nitrogen functional groups attached to an aromatic ring is 1. The van der Waals surface area contributed by atoms with Crippen LogP contribution in [0.1, 0.15) is 24.2 Å². The van der Waals surface area contributed by atoms with E-state index in [2.05, 4.69) is 4.98 Å². The molecule has 0 spiro atoms. The number of amides is 1. The normalized spacial score (nSPS) is 11.7. The third-order valence-corrected chi connectivity index (χ3v) is 2.49. The van der Waals surface area contributed by atoms with Crippen molar-refractivity contribution in [3.63, 3.8) is 0 Å². The molecule has 106 valence electrons. The van der Waals surface area contributed by atoms with E-state index in [0.29, 0.717) is 4.90 Å². The fraction of sp³-hybridized carbons (Fsp3) is 0.455. The lowest BCUT2D eigenvalue weighted by Crippen LogP contribution is -2.43. The smallest absolute Gasteiger partial charge is 0.384 e. The van der Waals surface area contributed by atoms with Crippen molar-refractivity contribution >= 4 is 23.3 Å². The number of anilines is 1. The number of carbonyl (C=O) groups excluding carboxylic acids is 1. The Morgan fingerprint density at radius 1 is 1.47 bits per heavy atom. The molecule has 0 aliphatic rings. The van der Waals surface area contributed by atoms with Gasteiger partial charge in [-0.3, -0.25) is 4.79 Å². The molecule has 19 heavy (non-hydrogen) atoms. The lowest BCUT2D eigenvalue weighted by atomic mass is 10.2. The van der Waals surface area contributed by atoms with Crippen LogP contribution in [0.4, 0.5) is 19.0 Å². The summed E-state index contributed by atoms with van der Waals surface area (Å²) < 4.78 is 37.3. The third-order valence-electron chi connectivity index (χ3n) is 2.29. The maximum atomic E-state index is 12.4. The second-order valence-electron chi connectivity index (χ2n) is 4.25. The molecular formula is C11H13ClF3N3O. The monoisotopic (exact) mass is 295 g/mol. The van der Waals surface area contributed by atoms with Gasteiger partial charge in [0.25, 0.3) is 5.91 Å². The minimum Gasteiger partial charge on any atom is -0.384 e. The molecule has 0 saturated heterocycles. The molecule has 0 unspecified atom stereocenters. The van der Waals surface area contributed by atoms with Crippen molar-refractivity contribution in [1.29, 1.82) is 0 Å². The Labute approximate surface area is 113 Å². The molecule has 1 heterocycles. The zero-order valence-corrected chi connectivity index (χ0v) is 11.1. The van der Waals surface area contributed by atoms with Gasteiger partial charge in [0.15, 0.2) is 0 Å². The highest BCUT2D eigenvalue weighted by molar-refractivity contribution is 6.29. The number of nitrogens with two attached hydrogens (primary N) is 1. The van der Waals surface area contributed by atoms with Crippen LogP contribution in [-0.2, 0) is 0 Å². The maximum absolute atomic E-state index is 12.4. The van der Waals surface area contributed by atoms with Gasteiger partial charge in [-0.05, 0) is 26.0 Å². The Balaban J connectivity index is 3.06. The van der Waals surface area contributed by atoms with Crippen LogP contribution in [0.2, 0.25) is 5.15 Å². The Hall–Kier alpha value is -1.50. The van der Waals surface area contributed by atoms with E-state index >= 15 is 0 Å². The molecule has 0 saturated carbocycles. The summed E-state index contributed by atoms with van der Waals surface area (Å²) in [6.45, 7) is 1.66. The van der Waals surface area contributed by atoms with Gasteiger partial charge in [-0.15, -0.1) is 0 Å². The van der Waals surface area contributed by atoms with Crippen molar-refractivity contribution < 1.29 is 18.0 Å². The summed E-state index contributed by atoms with van der Waals surface area (Å²) in [5, 5.41) is -0.0425. The molecule has 1 amide bonds. The fourth-order valence-corrected chi connectivity index (χ4v) is 1.70. The molecule has 1 aromatic heterocycles. The number of pyridine rings is 1. The van der Waals surface area contributed by atoms with Crippen LogP contribution >= 0.6 is 11.6 Å². The summed E-state index contributed by atoms with van der Waals surface area (Å²) in [4.78, 5) is 16.4. The van der Waals surface area contributed by atoms with E-state index < -0.39 is 24.7 Å². The predicted octanol–water partition coefficient (Wildman–Crippen LogP) is 2.73. The van der Waals surface area contributed by atoms with E-state index in [-0.39, 0.29) is 16.5 Å². The Morgan fingerprint density at radius 3 is 2.47 bits per heavy atom. The number of nitrogens with zero attached hydrogens (tertiary/aromatic N) is 2. The molecule has 0 radical (unpaired) electrons. The van der Waals surface area contributed by atoms with Gasteiger partial charge < -0.3 is 10.6 Å². The molecule has 8 heteroatoms. The van der Waals surface area contributed by atoms with Crippen molar-refractivity contribution in [2.75, 3.05) is 12.3 Å². The standard InChI is InChI=1S/C11H13ClF3N3O/c1-6(2)18(5-11(13,14)15)10(19)7-3-8(12)17-9(16)4-7/h3-4,6H,5H2,1-2H3,(H2,16,17). The van der Waals surface area contributed by atoms with Crippen molar-refractivity contribution in [3.05, 3.63) is 22.8 Å². The second-order valence-corrected chi connectivity index (χ2v) is 4.63. The summed E-state index contributed by atoms with van der Waals surface area (Å²) in [5.74, 6) is -0.810. The molecule has 0 fully saturated rings. The van der Waals surface area contributed by atoms with Crippen LogP contribution in [0.3, 0.4) is 0 Å². The van der Waals surface area contributed by atoms with Gasteiger partial charge in [0.1, 0.15) is 17.5 Å². The molecule has 2 N–H and O–H groups in total. The first-order valence-electron chi connectivity index (χ1n) is 5.41. The quantitative estimate of drug-likeness (QED) is 0.872. The first-order valence-corrected chi connectivity index (χ1v) is 5.78. The molecule has 0 aliphatic heterocycles. The highest BCUT2D eigenvalue weighted by Crippen LogP contribution is 2.21. The second kappa shape index (κ2) is 5.64. The summed E-state index contributed by atoms with van der Waals surface area (Å²) in [7, 11) is 0. The average Bonchev–Trinajstić information content (AvgIpc) is 2.22. The van der Waals surface area contributed by atoms with Crippen molar-refractivity contribution in [2.24, 2.45) is 0 Å². The van der Waals surface area contributed by atoms with Gasteiger partial charge in [-0.2, -0.15) is 13.2 Å². The summed E-state index contributed by atoms with van der Waals surface area (Å²) in [6, 6.07) is 1.77. The molecule has 0 aromatic carbocycles. The van der Waals surface area contributed by atoms with Gasteiger partial charge in [-0.25, -0.2) is 4.98 Å².